The number of methoxy groups -OCH3 is 1. The van der Waals surface area contributed by atoms with Gasteiger partial charge in [-0.2, -0.15) is 5.10 Å². The highest BCUT2D eigenvalue weighted by Crippen LogP contribution is 2.03. The summed E-state index contributed by atoms with van der Waals surface area (Å²) in [5.41, 5.74) is 0. The maximum Gasteiger partial charge on any atom is 0.324 e. The Morgan fingerprint density at radius 2 is 2.38 bits per heavy atom. The Labute approximate surface area is 109 Å². The van der Waals surface area contributed by atoms with E-state index in [0.29, 0.717) is 6.54 Å². The number of hydrogen-bond donors (Lipinski definition) is 1. The van der Waals surface area contributed by atoms with Gasteiger partial charge in [0, 0.05) is 12.2 Å². The summed E-state index contributed by atoms with van der Waals surface area (Å²) in [6.45, 7) is 4.46. The second-order valence-corrected chi connectivity index (χ2v) is 5.02. The number of nitrogens with zero attached hydrogens (tertiary/aromatic N) is 2. The Morgan fingerprint density at radius 1 is 1.69 bits per heavy atom. The predicted molar refractivity (Wildman–Crippen MR) is 69.0 cm³/mol. The van der Waals surface area contributed by atoms with Crippen LogP contribution in [-0.2, 0) is 16.1 Å². The van der Waals surface area contributed by atoms with Crippen molar-refractivity contribution in [2.45, 2.75) is 32.5 Å². The van der Waals surface area contributed by atoms with Crippen LogP contribution in [0.2, 0.25) is 0 Å². The van der Waals surface area contributed by atoms with Crippen LogP contribution in [0.3, 0.4) is 0 Å². The molecule has 0 aromatic carbocycles. The molecular weight excluding hydrogens is 321 g/mol. The van der Waals surface area contributed by atoms with Crippen LogP contribution in [0.15, 0.2) is 12.4 Å². The van der Waals surface area contributed by atoms with Gasteiger partial charge in [0.1, 0.15) is 6.04 Å². The van der Waals surface area contributed by atoms with Gasteiger partial charge in [-0.25, -0.2) is 0 Å². The lowest BCUT2D eigenvalue weighted by Crippen LogP contribution is -2.44. The molecule has 0 bridgehead atoms. The quantitative estimate of drug-likeness (QED) is 0.644. The van der Waals surface area contributed by atoms with Gasteiger partial charge in [0.05, 0.1) is 23.4 Å². The molecule has 1 aromatic rings. The third-order valence-corrected chi connectivity index (χ3v) is 2.55. The molecule has 0 saturated heterocycles. The molecule has 0 spiro atoms. The van der Waals surface area contributed by atoms with Gasteiger partial charge in [0.2, 0.25) is 0 Å². The van der Waals surface area contributed by atoms with Gasteiger partial charge < -0.3 is 10.1 Å². The highest BCUT2D eigenvalue weighted by Gasteiger charge is 2.20. The summed E-state index contributed by atoms with van der Waals surface area (Å²) < 4.78 is 7.53. The van der Waals surface area contributed by atoms with Gasteiger partial charge in [0.25, 0.3) is 0 Å². The molecule has 0 saturated carbocycles. The van der Waals surface area contributed by atoms with Crippen LogP contribution in [0.1, 0.15) is 13.8 Å². The van der Waals surface area contributed by atoms with Crippen molar-refractivity contribution < 1.29 is 9.53 Å². The maximum atomic E-state index is 11.5. The van der Waals surface area contributed by atoms with Crippen molar-refractivity contribution in [3.8, 4) is 0 Å². The third-order valence-electron chi connectivity index (χ3n) is 1.99. The number of carbonyl (C=O) groups excluding carboxylic acids is 1. The molecule has 5 nitrogen and oxygen atoms in total. The molecule has 1 N–H and O–H groups in total. The number of carbonyl (C=O) groups is 1. The molecule has 0 aliphatic carbocycles. The lowest BCUT2D eigenvalue weighted by molar-refractivity contribution is -0.143. The minimum atomic E-state index is -0.360. The average Bonchev–Trinajstić information content (AvgIpc) is 2.61. The van der Waals surface area contributed by atoms with E-state index in [0.717, 1.165) is 3.57 Å². The fraction of sp³-hybridized carbons (Fsp3) is 0.600. The summed E-state index contributed by atoms with van der Waals surface area (Å²) in [5, 5.41) is 7.29. The summed E-state index contributed by atoms with van der Waals surface area (Å²) in [6, 6.07) is -0.139. The topological polar surface area (TPSA) is 56.2 Å². The fourth-order valence-electron chi connectivity index (χ4n) is 1.37. The second-order valence-electron chi connectivity index (χ2n) is 3.78. The van der Waals surface area contributed by atoms with Gasteiger partial charge in [-0.1, -0.05) is 13.8 Å². The zero-order valence-electron chi connectivity index (χ0n) is 9.61. The van der Waals surface area contributed by atoms with E-state index in [1.165, 1.54) is 7.11 Å². The van der Waals surface area contributed by atoms with Crippen LogP contribution in [0.25, 0.3) is 0 Å². The van der Waals surface area contributed by atoms with E-state index in [1.807, 2.05) is 20.0 Å². The number of aromatic nitrogens is 2. The van der Waals surface area contributed by atoms with Crippen molar-refractivity contribution in [2.24, 2.45) is 0 Å². The van der Waals surface area contributed by atoms with Gasteiger partial charge in [-0.05, 0) is 22.6 Å². The molecule has 0 radical (unpaired) electrons. The zero-order valence-corrected chi connectivity index (χ0v) is 11.8. The monoisotopic (exact) mass is 337 g/mol. The van der Waals surface area contributed by atoms with E-state index >= 15 is 0 Å². The van der Waals surface area contributed by atoms with Gasteiger partial charge in [-0.15, -0.1) is 0 Å². The lowest BCUT2D eigenvalue weighted by Gasteiger charge is -2.18. The van der Waals surface area contributed by atoms with Crippen LogP contribution in [0.5, 0.6) is 0 Å². The number of hydrogen-bond acceptors (Lipinski definition) is 4. The Balaban J connectivity index is 2.66. The van der Waals surface area contributed by atoms with Crippen molar-refractivity contribution in [3.63, 3.8) is 0 Å². The van der Waals surface area contributed by atoms with Gasteiger partial charge in [0.15, 0.2) is 0 Å². The van der Waals surface area contributed by atoms with E-state index in [1.54, 1.807) is 10.9 Å². The molecule has 0 aliphatic heterocycles. The van der Waals surface area contributed by atoms with E-state index in [4.69, 9.17) is 4.74 Å². The molecule has 1 aromatic heterocycles. The zero-order chi connectivity index (χ0) is 12.1. The van der Waals surface area contributed by atoms with E-state index in [-0.39, 0.29) is 18.1 Å². The first-order chi connectivity index (χ1) is 7.52. The number of esters is 1. The summed E-state index contributed by atoms with van der Waals surface area (Å²) in [4.78, 5) is 11.5. The molecule has 6 heteroatoms. The van der Waals surface area contributed by atoms with Crippen LogP contribution >= 0.6 is 22.6 Å². The second kappa shape index (κ2) is 6.19. The molecule has 0 aliphatic rings. The first kappa shape index (κ1) is 13.4. The lowest BCUT2D eigenvalue weighted by atomic mass is 10.2. The summed E-state index contributed by atoms with van der Waals surface area (Å²) in [5.74, 6) is -0.265. The maximum absolute atomic E-state index is 11.5. The summed E-state index contributed by atoms with van der Waals surface area (Å²) >= 11 is 2.18. The summed E-state index contributed by atoms with van der Waals surface area (Å²) in [7, 11) is 1.39. The van der Waals surface area contributed by atoms with Crippen molar-refractivity contribution >= 4 is 28.6 Å². The molecule has 0 fully saturated rings. The minimum Gasteiger partial charge on any atom is -0.468 e. The molecule has 16 heavy (non-hydrogen) atoms. The fourth-order valence-corrected chi connectivity index (χ4v) is 1.81. The Bertz CT molecular complexity index is 352. The van der Waals surface area contributed by atoms with E-state index in [9.17, 15) is 4.79 Å². The normalized spacial score (nSPS) is 12.8. The molecule has 1 unspecified atom stereocenters. The number of rotatable bonds is 5. The van der Waals surface area contributed by atoms with Gasteiger partial charge >= 0.3 is 5.97 Å². The average molecular weight is 337 g/mol. The number of nitrogens with one attached hydrogen (secondary N) is 1. The predicted octanol–water partition coefficient (Wildman–Crippen LogP) is 1.03. The highest BCUT2D eigenvalue weighted by atomic mass is 127. The van der Waals surface area contributed by atoms with Gasteiger partial charge in [-0.3, -0.25) is 9.48 Å². The largest absolute Gasteiger partial charge is 0.468 e. The molecule has 1 heterocycles. The molecule has 0 amide bonds. The van der Waals surface area contributed by atoms with Crippen LogP contribution < -0.4 is 5.32 Å². The molecule has 1 atom stereocenters. The van der Waals surface area contributed by atoms with Crippen molar-refractivity contribution in [3.05, 3.63) is 16.0 Å². The number of halogens is 1. The van der Waals surface area contributed by atoms with E-state index in [2.05, 4.69) is 33.0 Å². The third kappa shape index (κ3) is 4.09. The van der Waals surface area contributed by atoms with Crippen molar-refractivity contribution in [2.75, 3.05) is 7.11 Å². The summed E-state index contributed by atoms with van der Waals surface area (Å²) in [6.07, 6.45) is 3.64. The highest BCUT2D eigenvalue weighted by molar-refractivity contribution is 14.1. The van der Waals surface area contributed by atoms with Crippen molar-refractivity contribution in [1.29, 1.82) is 0 Å². The molecule has 90 valence electrons. The standard InChI is InChI=1S/C10H16IN3O2/c1-7(2)13-9(10(15)16-3)6-14-5-8(11)4-12-14/h4-5,7,9,13H,6H2,1-3H3. The smallest absolute Gasteiger partial charge is 0.324 e. The first-order valence-electron chi connectivity index (χ1n) is 5.04. The minimum absolute atomic E-state index is 0.221. The Morgan fingerprint density at radius 3 is 2.81 bits per heavy atom. The van der Waals surface area contributed by atoms with Crippen molar-refractivity contribution in [1.82, 2.24) is 15.1 Å². The Hall–Kier alpha value is -0.630. The van der Waals surface area contributed by atoms with E-state index < -0.39 is 0 Å². The molecule has 1 rings (SSSR count). The first-order valence-corrected chi connectivity index (χ1v) is 6.12. The number of ether oxygens (including phenoxy) is 1. The van der Waals surface area contributed by atoms with Crippen LogP contribution in [-0.4, -0.2) is 34.9 Å². The van der Waals surface area contributed by atoms with Crippen LogP contribution in [0, 0.1) is 3.57 Å². The SMILES string of the molecule is COC(=O)C(Cn1cc(I)cn1)NC(C)C. The Kier molecular flexibility index (Phi) is 5.20. The molecular formula is C10H16IN3O2. The van der Waals surface area contributed by atoms with Crippen LogP contribution in [0.4, 0.5) is 0 Å².